The maximum absolute atomic E-state index is 11.5. The number of nitrogens with one attached hydrogen (secondary N) is 2. The van der Waals surface area contributed by atoms with Gasteiger partial charge in [0.2, 0.25) is 0 Å². The number of hydrogen-bond acceptors (Lipinski definition) is 3. The van der Waals surface area contributed by atoms with Crippen molar-refractivity contribution in [2.75, 3.05) is 18.5 Å². The van der Waals surface area contributed by atoms with Crippen LogP contribution in [0.5, 0.6) is 0 Å². The van der Waals surface area contributed by atoms with Crippen molar-refractivity contribution in [1.29, 1.82) is 0 Å². The quantitative estimate of drug-likeness (QED) is 0.454. The molecular formula is C15H21ClN2O2S. The molecule has 0 unspecified atom stereocenters. The minimum absolute atomic E-state index is 0.0531. The van der Waals surface area contributed by atoms with E-state index in [1.807, 2.05) is 25.1 Å². The maximum atomic E-state index is 11.5. The smallest absolute Gasteiger partial charge is 0.325 e. The monoisotopic (exact) mass is 328 g/mol. The fourth-order valence-corrected chi connectivity index (χ4v) is 2.01. The van der Waals surface area contributed by atoms with Crippen molar-refractivity contribution in [3.05, 3.63) is 28.8 Å². The largest absolute Gasteiger partial charge is 0.464 e. The predicted molar refractivity (Wildman–Crippen MR) is 90.9 cm³/mol. The highest BCUT2D eigenvalue weighted by molar-refractivity contribution is 7.80. The van der Waals surface area contributed by atoms with Gasteiger partial charge in [-0.1, -0.05) is 37.4 Å². The third-order valence-electron chi connectivity index (χ3n) is 2.92. The summed E-state index contributed by atoms with van der Waals surface area (Å²) in [5.41, 5.74) is 1.72. The Labute approximate surface area is 136 Å². The second-order valence-electron chi connectivity index (χ2n) is 4.65. The Kier molecular flexibility index (Phi) is 8.08. The molecule has 0 amide bonds. The van der Waals surface area contributed by atoms with Crippen LogP contribution in [-0.4, -0.2) is 24.2 Å². The van der Waals surface area contributed by atoms with Crippen molar-refractivity contribution in [2.24, 2.45) is 0 Å². The lowest BCUT2D eigenvalue weighted by Crippen LogP contribution is -2.34. The lowest BCUT2D eigenvalue weighted by Gasteiger charge is -2.13. The van der Waals surface area contributed by atoms with Crippen molar-refractivity contribution >= 4 is 40.6 Å². The molecular weight excluding hydrogens is 308 g/mol. The number of anilines is 1. The molecule has 0 bridgehead atoms. The molecule has 21 heavy (non-hydrogen) atoms. The van der Waals surface area contributed by atoms with Gasteiger partial charge in [0.05, 0.1) is 6.61 Å². The Balaban J connectivity index is 2.31. The molecule has 6 heteroatoms. The van der Waals surface area contributed by atoms with E-state index in [0.29, 0.717) is 16.7 Å². The zero-order chi connectivity index (χ0) is 15.7. The molecule has 2 N–H and O–H groups in total. The summed E-state index contributed by atoms with van der Waals surface area (Å²) in [6.45, 7) is 4.51. The highest BCUT2D eigenvalue weighted by Gasteiger charge is 2.06. The zero-order valence-corrected chi connectivity index (χ0v) is 13.9. The van der Waals surface area contributed by atoms with Crippen molar-refractivity contribution in [3.63, 3.8) is 0 Å². The summed E-state index contributed by atoms with van der Waals surface area (Å²) in [5, 5.41) is 6.86. The Bertz CT molecular complexity index is 495. The first kappa shape index (κ1) is 17.7. The minimum atomic E-state index is -0.307. The highest BCUT2D eigenvalue weighted by Crippen LogP contribution is 2.22. The van der Waals surface area contributed by atoms with Gasteiger partial charge in [0.15, 0.2) is 5.11 Å². The molecule has 0 heterocycles. The molecule has 0 aromatic heterocycles. The van der Waals surface area contributed by atoms with Crippen LogP contribution in [0.3, 0.4) is 0 Å². The number of ether oxygens (including phenoxy) is 1. The van der Waals surface area contributed by atoms with E-state index in [2.05, 4.69) is 17.6 Å². The Morgan fingerprint density at radius 2 is 2.14 bits per heavy atom. The van der Waals surface area contributed by atoms with Crippen LogP contribution in [0.2, 0.25) is 5.02 Å². The molecule has 0 saturated carbocycles. The lowest BCUT2D eigenvalue weighted by molar-refractivity contribution is -0.142. The van der Waals surface area contributed by atoms with Crippen molar-refractivity contribution in [2.45, 2.75) is 33.1 Å². The molecule has 1 aromatic rings. The number of hydrogen-bond donors (Lipinski definition) is 2. The first-order valence-electron chi connectivity index (χ1n) is 7.00. The van der Waals surface area contributed by atoms with Gasteiger partial charge in [0.25, 0.3) is 0 Å². The van der Waals surface area contributed by atoms with Gasteiger partial charge in [-0.2, -0.15) is 0 Å². The van der Waals surface area contributed by atoms with Gasteiger partial charge >= 0.3 is 5.97 Å². The molecule has 0 saturated heterocycles. The molecule has 1 rings (SSSR count). The standard InChI is InChI=1S/C15H21ClN2O2S/c1-3-4-5-9-20-14(19)10-17-15(21)18-13-8-6-7-12(16)11(13)2/h6-8H,3-5,9-10H2,1-2H3,(H2,17,18,21). The van der Waals surface area contributed by atoms with E-state index in [4.69, 9.17) is 28.6 Å². The fourth-order valence-electron chi connectivity index (χ4n) is 1.65. The van der Waals surface area contributed by atoms with Gasteiger partial charge < -0.3 is 15.4 Å². The lowest BCUT2D eigenvalue weighted by atomic mass is 10.2. The van der Waals surface area contributed by atoms with E-state index in [9.17, 15) is 4.79 Å². The van der Waals surface area contributed by atoms with E-state index < -0.39 is 0 Å². The molecule has 0 aliphatic rings. The molecule has 0 aliphatic heterocycles. The van der Waals surface area contributed by atoms with Crippen molar-refractivity contribution < 1.29 is 9.53 Å². The van der Waals surface area contributed by atoms with Crippen LogP contribution >= 0.6 is 23.8 Å². The highest BCUT2D eigenvalue weighted by atomic mass is 35.5. The first-order chi connectivity index (χ1) is 10.0. The van der Waals surface area contributed by atoms with E-state index in [1.54, 1.807) is 0 Å². The SMILES string of the molecule is CCCCCOC(=O)CNC(=S)Nc1cccc(Cl)c1C. The molecule has 0 radical (unpaired) electrons. The molecule has 4 nitrogen and oxygen atoms in total. The Hall–Kier alpha value is -1.33. The van der Waals surface area contributed by atoms with Crippen LogP contribution in [0.25, 0.3) is 0 Å². The molecule has 0 aliphatic carbocycles. The number of esters is 1. The van der Waals surface area contributed by atoms with Crippen LogP contribution in [0, 0.1) is 6.92 Å². The fraction of sp³-hybridized carbons (Fsp3) is 0.467. The van der Waals surface area contributed by atoms with Gasteiger partial charge in [-0.3, -0.25) is 4.79 Å². The van der Waals surface area contributed by atoms with Crippen LogP contribution in [0.15, 0.2) is 18.2 Å². The van der Waals surface area contributed by atoms with Crippen LogP contribution in [0.1, 0.15) is 31.7 Å². The third kappa shape index (κ3) is 6.78. The van der Waals surface area contributed by atoms with Gasteiger partial charge in [-0.25, -0.2) is 0 Å². The number of benzene rings is 1. The second kappa shape index (κ2) is 9.58. The number of halogens is 1. The van der Waals surface area contributed by atoms with Gasteiger partial charge in [0.1, 0.15) is 6.54 Å². The van der Waals surface area contributed by atoms with E-state index >= 15 is 0 Å². The average molecular weight is 329 g/mol. The van der Waals surface area contributed by atoms with Crippen LogP contribution < -0.4 is 10.6 Å². The summed E-state index contributed by atoms with van der Waals surface area (Å²) in [6.07, 6.45) is 3.06. The van der Waals surface area contributed by atoms with Crippen molar-refractivity contribution in [1.82, 2.24) is 5.32 Å². The van der Waals surface area contributed by atoms with Gasteiger partial charge in [-0.05, 0) is 43.3 Å². The van der Waals surface area contributed by atoms with E-state index in [0.717, 1.165) is 30.5 Å². The summed E-state index contributed by atoms with van der Waals surface area (Å²) in [6, 6.07) is 5.52. The van der Waals surface area contributed by atoms with E-state index in [1.165, 1.54) is 0 Å². The van der Waals surface area contributed by atoms with Crippen LogP contribution in [0.4, 0.5) is 5.69 Å². The first-order valence-corrected chi connectivity index (χ1v) is 7.78. The summed E-state index contributed by atoms with van der Waals surface area (Å²) < 4.78 is 5.08. The number of thiocarbonyl (C=S) groups is 1. The predicted octanol–water partition coefficient (Wildman–Crippen LogP) is 3.67. The van der Waals surface area contributed by atoms with E-state index in [-0.39, 0.29) is 12.5 Å². The average Bonchev–Trinajstić information content (AvgIpc) is 2.46. The molecule has 0 fully saturated rings. The molecule has 1 aromatic carbocycles. The number of carbonyl (C=O) groups is 1. The summed E-state index contributed by atoms with van der Waals surface area (Å²) in [7, 11) is 0. The summed E-state index contributed by atoms with van der Waals surface area (Å²) >= 11 is 11.2. The minimum Gasteiger partial charge on any atom is -0.464 e. The topological polar surface area (TPSA) is 50.4 Å². The Morgan fingerprint density at radius 3 is 2.86 bits per heavy atom. The van der Waals surface area contributed by atoms with Gasteiger partial charge in [-0.15, -0.1) is 0 Å². The number of unbranched alkanes of at least 4 members (excludes halogenated alkanes) is 2. The number of rotatable bonds is 7. The summed E-state index contributed by atoms with van der Waals surface area (Å²) in [5.74, 6) is -0.307. The molecule has 116 valence electrons. The maximum Gasteiger partial charge on any atom is 0.325 e. The molecule has 0 spiro atoms. The van der Waals surface area contributed by atoms with Gasteiger partial charge in [0, 0.05) is 10.7 Å². The van der Waals surface area contributed by atoms with Crippen molar-refractivity contribution in [3.8, 4) is 0 Å². The number of carbonyl (C=O) groups excluding carboxylic acids is 1. The zero-order valence-electron chi connectivity index (χ0n) is 12.4. The summed E-state index contributed by atoms with van der Waals surface area (Å²) in [4.78, 5) is 11.5. The molecule has 0 atom stereocenters. The second-order valence-corrected chi connectivity index (χ2v) is 5.46. The normalized spacial score (nSPS) is 10.0. The van der Waals surface area contributed by atoms with Crippen LogP contribution in [-0.2, 0) is 9.53 Å². The Morgan fingerprint density at radius 1 is 1.38 bits per heavy atom. The third-order valence-corrected chi connectivity index (χ3v) is 3.58.